The summed E-state index contributed by atoms with van der Waals surface area (Å²) in [5.41, 5.74) is 0. The van der Waals surface area contributed by atoms with Crippen LogP contribution in [-0.2, 0) is 4.79 Å². The van der Waals surface area contributed by atoms with Gasteiger partial charge in [0.05, 0.1) is 0 Å². The summed E-state index contributed by atoms with van der Waals surface area (Å²) in [6, 6.07) is 0. The number of hydrogen-bond acceptors (Lipinski definition) is 1. The van der Waals surface area contributed by atoms with E-state index >= 15 is 0 Å². The predicted molar refractivity (Wildman–Crippen MR) is 54.5 cm³/mol. The maximum Gasteiger partial charge on any atom is 0.222 e. The average Bonchev–Trinajstić information content (AvgIpc) is 2.45. The van der Waals surface area contributed by atoms with Gasteiger partial charge >= 0.3 is 0 Å². The first-order valence-electron chi connectivity index (χ1n) is 5.55. The Morgan fingerprint density at radius 3 is 2.77 bits per heavy atom. The molecule has 1 rings (SSSR count). The zero-order valence-corrected chi connectivity index (χ0v) is 8.88. The number of carbonyl (C=O) groups is 1. The van der Waals surface area contributed by atoms with Crippen LogP contribution in [0.5, 0.6) is 0 Å². The second kappa shape index (κ2) is 5.25. The van der Waals surface area contributed by atoms with E-state index in [9.17, 15) is 4.79 Å². The van der Waals surface area contributed by atoms with Crippen LogP contribution in [0.15, 0.2) is 0 Å². The molecule has 2 heteroatoms. The summed E-state index contributed by atoms with van der Waals surface area (Å²) >= 11 is 0. The maximum atomic E-state index is 11.5. The third kappa shape index (κ3) is 3.02. The monoisotopic (exact) mass is 183 g/mol. The molecule has 1 saturated heterocycles. The van der Waals surface area contributed by atoms with E-state index in [0.29, 0.717) is 11.8 Å². The second-order valence-electron chi connectivity index (χ2n) is 4.05. The van der Waals surface area contributed by atoms with Crippen molar-refractivity contribution in [1.29, 1.82) is 0 Å². The van der Waals surface area contributed by atoms with Gasteiger partial charge in [-0.2, -0.15) is 0 Å². The largest absolute Gasteiger partial charge is 0.342 e. The van der Waals surface area contributed by atoms with E-state index in [0.717, 1.165) is 25.9 Å². The van der Waals surface area contributed by atoms with E-state index in [1.807, 2.05) is 4.90 Å². The zero-order chi connectivity index (χ0) is 9.68. The third-order valence-corrected chi connectivity index (χ3v) is 2.75. The molecule has 0 N–H and O–H groups in total. The SMILES string of the molecule is CCCCC1CC(=O)N(CCC)C1. The molecule has 0 radical (unpaired) electrons. The van der Waals surface area contributed by atoms with Crippen molar-refractivity contribution >= 4 is 5.91 Å². The van der Waals surface area contributed by atoms with Crippen LogP contribution in [0.25, 0.3) is 0 Å². The fourth-order valence-corrected chi connectivity index (χ4v) is 2.03. The van der Waals surface area contributed by atoms with Gasteiger partial charge in [-0.15, -0.1) is 0 Å². The molecule has 2 nitrogen and oxygen atoms in total. The van der Waals surface area contributed by atoms with E-state index in [-0.39, 0.29) is 0 Å². The van der Waals surface area contributed by atoms with Crippen molar-refractivity contribution < 1.29 is 4.79 Å². The normalized spacial score (nSPS) is 22.8. The highest BCUT2D eigenvalue weighted by molar-refractivity contribution is 5.78. The first kappa shape index (κ1) is 10.6. The van der Waals surface area contributed by atoms with Gasteiger partial charge in [0.15, 0.2) is 0 Å². The summed E-state index contributed by atoms with van der Waals surface area (Å²) in [5.74, 6) is 1.03. The molecular weight excluding hydrogens is 162 g/mol. The highest BCUT2D eigenvalue weighted by atomic mass is 16.2. The van der Waals surface area contributed by atoms with Gasteiger partial charge < -0.3 is 4.90 Å². The Kier molecular flexibility index (Phi) is 4.26. The molecular formula is C11H21NO. The Morgan fingerprint density at radius 1 is 1.38 bits per heavy atom. The van der Waals surface area contributed by atoms with Crippen molar-refractivity contribution in [3.05, 3.63) is 0 Å². The minimum Gasteiger partial charge on any atom is -0.342 e. The molecule has 1 aliphatic rings. The van der Waals surface area contributed by atoms with Crippen LogP contribution in [0, 0.1) is 5.92 Å². The topological polar surface area (TPSA) is 20.3 Å². The second-order valence-corrected chi connectivity index (χ2v) is 4.05. The summed E-state index contributed by atoms with van der Waals surface area (Å²) in [6.45, 7) is 6.32. The number of hydrogen-bond donors (Lipinski definition) is 0. The third-order valence-electron chi connectivity index (χ3n) is 2.75. The number of rotatable bonds is 5. The first-order chi connectivity index (χ1) is 6.27. The highest BCUT2D eigenvalue weighted by Crippen LogP contribution is 2.22. The summed E-state index contributed by atoms with van der Waals surface area (Å²) < 4.78 is 0. The zero-order valence-electron chi connectivity index (χ0n) is 8.88. The van der Waals surface area contributed by atoms with Crippen molar-refractivity contribution in [3.63, 3.8) is 0 Å². The molecule has 0 bridgehead atoms. The molecule has 0 saturated carbocycles. The predicted octanol–water partition coefficient (Wildman–Crippen LogP) is 2.44. The lowest BCUT2D eigenvalue weighted by molar-refractivity contribution is -0.127. The van der Waals surface area contributed by atoms with E-state index in [2.05, 4.69) is 13.8 Å². The minimum absolute atomic E-state index is 0.378. The Labute approximate surface area is 81.3 Å². The maximum absolute atomic E-state index is 11.5. The number of unbranched alkanes of at least 4 members (excludes halogenated alkanes) is 1. The van der Waals surface area contributed by atoms with Crippen LogP contribution in [0.1, 0.15) is 46.0 Å². The van der Waals surface area contributed by atoms with E-state index in [1.165, 1.54) is 19.3 Å². The molecule has 1 heterocycles. The van der Waals surface area contributed by atoms with Gasteiger partial charge in [-0.3, -0.25) is 4.79 Å². The van der Waals surface area contributed by atoms with Crippen molar-refractivity contribution in [2.75, 3.05) is 13.1 Å². The molecule has 0 aromatic rings. The average molecular weight is 183 g/mol. The van der Waals surface area contributed by atoms with Crippen molar-refractivity contribution in [1.82, 2.24) is 4.90 Å². The van der Waals surface area contributed by atoms with Gasteiger partial charge in [0.2, 0.25) is 5.91 Å². The lowest BCUT2D eigenvalue weighted by atomic mass is 10.0. The van der Waals surface area contributed by atoms with Crippen molar-refractivity contribution in [2.45, 2.75) is 46.0 Å². The Balaban J connectivity index is 2.27. The van der Waals surface area contributed by atoms with Crippen LogP contribution in [0.4, 0.5) is 0 Å². The van der Waals surface area contributed by atoms with Crippen LogP contribution >= 0.6 is 0 Å². The minimum atomic E-state index is 0.378. The van der Waals surface area contributed by atoms with Gasteiger partial charge in [0.25, 0.3) is 0 Å². The quantitative estimate of drug-likeness (QED) is 0.641. The molecule has 76 valence electrons. The smallest absolute Gasteiger partial charge is 0.222 e. The molecule has 0 aromatic carbocycles. The van der Waals surface area contributed by atoms with Crippen molar-refractivity contribution in [3.8, 4) is 0 Å². The van der Waals surface area contributed by atoms with Crippen LogP contribution in [0.3, 0.4) is 0 Å². The Bertz CT molecular complexity index is 167. The standard InChI is InChI=1S/C11H21NO/c1-3-5-6-10-8-11(13)12(9-10)7-4-2/h10H,3-9H2,1-2H3. The fourth-order valence-electron chi connectivity index (χ4n) is 2.03. The van der Waals surface area contributed by atoms with Crippen LogP contribution in [0.2, 0.25) is 0 Å². The van der Waals surface area contributed by atoms with Gasteiger partial charge in [-0.25, -0.2) is 0 Å². The molecule has 13 heavy (non-hydrogen) atoms. The highest BCUT2D eigenvalue weighted by Gasteiger charge is 2.27. The number of carbonyl (C=O) groups excluding carboxylic acids is 1. The van der Waals surface area contributed by atoms with Crippen LogP contribution < -0.4 is 0 Å². The summed E-state index contributed by atoms with van der Waals surface area (Å²) in [4.78, 5) is 13.5. The van der Waals surface area contributed by atoms with E-state index in [1.54, 1.807) is 0 Å². The van der Waals surface area contributed by atoms with E-state index in [4.69, 9.17) is 0 Å². The summed E-state index contributed by atoms with van der Waals surface area (Å²) in [7, 11) is 0. The van der Waals surface area contributed by atoms with Gasteiger partial charge in [0, 0.05) is 19.5 Å². The fraction of sp³-hybridized carbons (Fsp3) is 0.909. The molecule has 0 aliphatic carbocycles. The molecule has 0 spiro atoms. The number of likely N-dealkylation sites (tertiary alicyclic amines) is 1. The summed E-state index contributed by atoms with van der Waals surface area (Å²) in [5, 5.41) is 0. The van der Waals surface area contributed by atoms with E-state index < -0.39 is 0 Å². The lowest BCUT2D eigenvalue weighted by Crippen LogP contribution is -2.25. The molecule has 1 aliphatic heterocycles. The molecule has 1 fully saturated rings. The Morgan fingerprint density at radius 2 is 2.15 bits per heavy atom. The van der Waals surface area contributed by atoms with Gasteiger partial charge in [-0.05, 0) is 18.8 Å². The summed E-state index contributed by atoms with van der Waals surface area (Å²) in [6.07, 6.45) is 5.66. The van der Waals surface area contributed by atoms with Gasteiger partial charge in [0.1, 0.15) is 0 Å². The van der Waals surface area contributed by atoms with Crippen LogP contribution in [-0.4, -0.2) is 23.9 Å². The van der Waals surface area contributed by atoms with Crippen molar-refractivity contribution in [2.24, 2.45) is 5.92 Å². The van der Waals surface area contributed by atoms with Gasteiger partial charge in [-0.1, -0.05) is 26.7 Å². The molecule has 1 amide bonds. The molecule has 0 aromatic heterocycles. The Hall–Kier alpha value is -0.530. The molecule has 1 atom stereocenters. The lowest BCUT2D eigenvalue weighted by Gasteiger charge is -2.14. The number of nitrogens with zero attached hydrogens (tertiary/aromatic N) is 1. The number of amides is 1. The first-order valence-corrected chi connectivity index (χ1v) is 5.55. The molecule has 1 unspecified atom stereocenters.